The van der Waals surface area contributed by atoms with E-state index in [2.05, 4.69) is 10.6 Å². The predicted octanol–water partition coefficient (Wildman–Crippen LogP) is 3.66. The Morgan fingerprint density at radius 3 is 2.27 bits per heavy atom. The molecule has 2 rings (SSSR count). The van der Waals surface area contributed by atoms with Gasteiger partial charge in [-0.3, -0.25) is 20.2 Å². The molecule has 3 amide bonds. The van der Waals surface area contributed by atoms with Gasteiger partial charge in [0.25, 0.3) is 11.6 Å². The number of carbonyl (C=O) groups excluding carboxylic acids is 2. The summed E-state index contributed by atoms with van der Waals surface area (Å²) >= 11 is 0. The van der Waals surface area contributed by atoms with Crippen molar-refractivity contribution in [1.29, 1.82) is 0 Å². The lowest BCUT2D eigenvalue weighted by molar-refractivity contribution is -0.384. The minimum absolute atomic E-state index is 0.116. The second kappa shape index (κ2) is 9.25. The maximum atomic E-state index is 12.3. The van der Waals surface area contributed by atoms with E-state index in [1.54, 1.807) is 45.0 Å². The van der Waals surface area contributed by atoms with Gasteiger partial charge in [-0.1, -0.05) is 12.1 Å². The van der Waals surface area contributed by atoms with Crippen LogP contribution in [0.1, 0.15) is 27.7 Å². The van der Waals surface area contributed by atoms with E-state index in [1.807, 2.05) is 0 Å². The molecule has 2 aromatic rings. The van der Waals surface area contributed by atoms with Crippen molar-refractivity contribution in [2.24, 2.45) is 0 Å². The fourth-order valence-electron chi connectivity index (χ4n) is 2.56. The van der Waals surface area contributed by atoms with Crippen molar-refractivity contribution in [3.63, 3.8) is 0 Å². The SMILES string of the molecule is COc1ccc(-c2cc([N+](=O)[O-])ccc2O[C@@H](C)C(=O)NC(=O)NC(C)(C)C)cc1. The number of non-ortho nitro benzene ring substituents is 1. The molecule has 0 aliphatic heterocycles. The summed E-state index contributed by atoms with van der Waals surface area (Å²) in [6.45, 7) is 6.85. The van der Waals surface area contributed by atoms with Crippen LogP contribution >= 0.6 is 0 Å². The van der Waals surface area contributed by atoms with Crippen LogP contribution < -0.4 is 20.1 Å². The zero-order valence-electron chi connectivity index (χ0n) is 17.5. The van der Waals surface area contributed by atoms with Gasteiger partial charge in [-0.05, 0) is 51.5 Å². The number of nitrogens with one attached hydrogen (secondary N) is 2. The van der Waals surface area contributed by atoms with Gasteiger partial charge in [0.1, 0.15) is 11.5 Å². The number of nitro benzene ring substituents is 1. The van der Waals surface area contributed by atoms with Crippen LogP contribution in [0.3, 0.4) is 0 Å². The predicted molar refractivity (Wildman–Crippen MR) is 112 cm³/mol. The summed E-state index contributed by atoms with van der Waals surface area (Å²) in [7, 11) is 1.53. The van der Waals surface area contributed by atoms with E-state index in [1.165, 1.54) is 32.2 Å². The molecule has 1 atom stereocenters. The molecule has 0 radical (unpaired) electrons. The van der Waals surface area contributed by atoms with Crippen LogP contribution in [-0.2, 0) is 4.79 Å². The van der Waals surface area contributed by atoms with Crippen molar-refractivity contribution in [3.05, 3.63) is 52.6 Å². The van der Waals surface area contributed by atoms with Crippen LogP contribution in [-0.4, -0.2) is 35.6 Å². The van der Waals surface area contributed by atoms with E-state index in [0.29, 0.717) is 16.9 Å². The highest BCUT2D eigenvalue weighted by Gasteiger charge is 2.22. The molecule has 0 fully saturated rings. The summed E-state index contributed by atoms with van der Waals surface area (Å²) in [6, 6.07) is 10.3. The van der Waals surface area contributed by atoms with Gasteiger partial charge in [-0.2, -0.15) is 0 Å². The topological polar surface area (TPSA) is 120 Å². The molecule has 2 N–H and O–H groups in total. The number of nitrogens with zero attached hydrogens (tertiary/aromatic N) is 1. The second-order valence-corrected chi connectivity index (χ2v) is 7.62. The maximum absolute atomic E-state index is 12.3. The number of imide groups is 1. The third kappa shape index (κ3) is 6.20. The van der Waals surface area contributed by atoms with Crippen molar-refractivity contribution >= 4 is 17.6 Å². The molecule has 30 heavy (non-hydrogen) atoms. The quantitative estimate of drug-likeness (QED) is 0.549. The lowest BCUT2D eigenvalue weighted by Gasteiger charge is -2.22. The van der Waals surface area contributed by atoms with E-state index in [0.717, 1.165) is 0 Å². The third-order valence-electron chi connectivity index (χ3n) is 3.97. The molecule has 0 bridgehead atoms. The first-order valence-electron chi connectivity index (χ1n) is 9.22. The second-order valence-electron chi connectivity index (χ2n) is 7.62. The summed E-state index contributed by atoms with van der Waals surface area (Å²) < 4.78 is 10.9. The standard InChI is InChI=1S/C21H25N3O6/c1-13(19(25)22-20(26)23-21(2,3)4)30-18-11-8-15(24(27)28)12-17(18)14-6-9-16(29-5)10-7-14/h6-13H,1-5H3,(H2,22,23,25,26)/t13-/m0/s1. The van der Waals surface area contributed by atoms with Gasteiger partial charge in [0.05, 0.1) is 12.0 Å². The van der Waals surface area contributed by atoms with Gasteiger partial charge >= 0.3 is 6.03 Å². The maximum Gasteiger partial charge on any atom is 0.321 e. The van der Waals surface area contributed by atoms with E-state index in [9.17, 15) is 19.7 Å². The Morgan fingerprint density at radius 1 is 1.10 bits per heavy atom. The summed E-state index contributed by atoms with van der Waals surface area (Å²) in [4.78, 5) is 34.9. The number of amides is 3. The van der Waals surface area contributed by atoms with E-state index < -0.39 is 28.5 Å². The Balaban J connectivity index is 2.26. The highest BCUT2D eigenvalue weighted by atomic mass is 16.6. The monoisotopic (exact) mass is 415 g/mol. The molecule has 2 aromatic carbocycles. The number of ether oxygens (including phenoxy) is 2. The zero-order chi connectivity index (χ0) is 22.5. The molecule has 0 saturated heterocycles. The molecule has 0 unspecified atom stereocenters. The lowest BCUT2D eigenvalue weighted by Crippen LogP contribution is -2.50. The highest BCUT2D eigenvalue weighted by molar-refractivity contribution is 5.96. The first kappa shape index (κ1) is 22.7. The van der Waals surface area contributed by atoms with Gasteiger partial charge in [0, 0.05) is 23.2 Å². The Kier molecular flexibility index (Phi) is 6.99. The molecule has 0 saturated carbocycles. The van der Waals surface area contributed by atoms with E-state index >= 15 is 0 Å². The zero-order valence-corrected chi connectivity index (χ0v) is 17.5. The fourth-order valence-corrected chi connectivity index (χ4v) is 2.56. The van der Waals surface area contributed by atoms with Crippen LogP contribution in [0.4, 0.5) is 10.5 Å². The molecule has 0 aliphatic rings. The molecule has 0 heterocycles. The number of carbonyl (C=O) groups is 2. The molecule has 0 spiro atoms. The fraction of sp³-hybridized carbons (Fsp3) is 0.333. The number of hydrogen-bond donors (Lipinski definition) is 2. The van der Waals surface area contributed by atoms with Crippen molar-refractivity contribution in [1.82, 2.24) is 10.6 Å². The Bertz CT molecular complexity index is 935. The highest BCUT2D eigenvalue weighted by Crippen LogP contribution is 2.35. The van der Waals surface area contributed by atoms with Crippen molar-refractivity contribution in [3.8, 4) is 22.6 Å². The van der Waals surface area contributed by atoms with Crippen molar-refractivity contribution < 1.29 is 24.0 Å². The molecule has 0 aliphatic carbocycles. The molecule has 160 valence electrons. The minimum atomic E-state index is -1.02. The van der Waals surface area contributed by atoms with Crippen molar-refractivity contribution in [2.75, 3.05) is 7.11 Å². The Hall–Kier alpha value is -3.62. The third-order valence-corrected chi connectivity index (χ3v) is 3.97. The number of hydrogen-bond acceptors (Lipinski definition) is 6. The van der Waals surface area contributed by atoms with E-state index in [-0.39, 0.29) is 11.4 Å². The summed E-state index contributed by atoms with van der Waals surface area (Å²) in [5, 5.41) is 16.0. The minimum Gasteiger partial charge on any atom is -0.497 e. The van der Waals surface area contributed by atoms with E-state index in [4.69, 9.17) is 9.47 Å². The van der Waals surface area contributed by atoms with Crippen LogP contribution in [0, 0.1) is 10.1 Å². The molecule has 0 aromatic heterocycles. The molecule has 9 nitrogen and oxygen atoms in total. The first-order chi connectivity index (χ1) is 14.0. The largest absolute Gasteiger partial charge is 0.497 e. The van der Waals surface area contributed by atoms with Crippen LogP contribution in [0.2, 0.25) is 0 Å². The summed E-state index contributed by atoms with van der Waals surface area (Å²) in [6.07, 6.45) is -1.02. The molecular weight excluding hydrogens is 390 g/mol. The lowest BCUT2D eigenvalue weighted by atomic mass is 10.0. The Labute approximate surface area is 174 Å². The molecule has 9 heteroatoms. The molecular formula is C21H25N3O6. The van der Waals surface area contributed by atoms with Gasteiger partial charge in [0.2, 0.25) is 0 Å². The number of urea groups is 1. The first-order valence-corrected chi connectivity index (χ1v) is 9.22. The summed E-state index contributed by atoms with van der Waals surface area (Å²) in [5.74, 6) is 0.254. The van der Waals surface area contributed by atoms with Crippen molar-refractivity contribution in [2.45, 2.75) is 39.3 Å². The van der Waals surface area contributed by atoms with Crippen LogP contribution in [0.15, 0.2) is 42.5 Å². The smallest absolute Gasteiger partial charge is 0.321 e. The van der Waals surface area contributed by atoms with Crippen LogP contribution in [0.25, 0.3) is 11.1 Å². The Morgan fingerprint density at radius 2 is 1.73 bits per heavy atom. The average molecular weight is 415 g/mol. The van der Waals surface area contributed by atoms with Crippen LogP contribution in [0.5, 0.6) is 11.5 Å². The van der Waals surface area contributed by atoms with Gasteiger partial charge in [-0.15, -0.1) is 0 Å². The van der Waals surface area contributed by atoms with Gasteiger partial charge < -0.3 is 14.8 Å². The number of nitro groups is 1. The number of rotatable bonds is 6. The summed E-state index contributed by atoms with van der Waals surface area (Å²) in [5.41, 5.74) is 0.460. The number of benzene rings is 2. The number of methoxy groups -OCH3 is 1. The van der Waals surface area contributed by atoms with Gasteiger partial charge in [0.15, 0.2) is 6.10 Å². The van der Waals surface area contributed by atoms with Gasteiger partial charge in [-0.25, -0.2) is 4.79 Å². The average Bonchev–Trinajstić information content (AvgIpc) is 2.66. The normalized spacial score (nSPS) is 11.9.